The summed E-state index contributed by atoms with van der Waals surface area (Å²) < 4.78 is 13.0. The molecular formula is C12H15BClIO2. The average molecular weight is 364 g/mol. The third-order valence-electron chi connectivity index (χ3n) is 3.49. The molecule has 92 valence electrons. The molecule has 0 bridgehead atoms. The Morgan fingerprint density at radius 1 is 1.12 bits per heavy atom. The van der Waals surface area contributed by atoms with Gasteiger partial charge in [-0.1, -0.05) is 23.7 Å². The van der Waals surface area contributed by atoms with Crippen molar-refractivity contribution in [3.8, 4) is 0 Å². The Bertz CT molecular complexity index is 432. The Morgan fingerprint density at radius 3 is 2.18 bits per heavy atom. The molecule has 0 spiro atoms. The van der Waals surface area contributed by atoms with E-state index in [1.54, 1.807) is 0 Å². The first-order valence-corrected chi connectivity index (χ1v) is 7.00. The Kier molecular flexibility index (Phi) is 3.54. The summed E-state index contributed by atoms with van der Waals surface area (Å²) in [5.41, 5.74) is 0.238. The minimum atomic E-state index is -0.387. The van der Waals surface area contributed by atoms with Gasteiger partial charge in [0.15, 0.2) is 0 Å². The maximum absolute atomic E-state index is 6.29. The molecule has 1 aliphatic heterocycles. The van der Waals surface area contributed by atoms with Crippen molar-refractivity contribution in [3.05, 3.63) is 26.8 Å². The summed E-state index contributed by atoms with van der Waals surface area (Å²) in [6.07, 6.45) is 0. The standard InChI is InChI=1S/C12H15BClIO2/c1-11(2)12(3,4)17-13(16-11)8-6-5-7-9(15)10(8)14/h5-7H,1-4H3. The van der Waals surface area contributed by atoms with Gasteiger partial charge in [0.1, 0.15) is 0 Å². The number of hydrogen-bond acceptors (Lipinski definition) is 2. The van der Waals surface area contributed by atoms with Crippen molar-refractivity contribution < 1.29 is 9.31 Å². The molecule has 0 radical (unpaired) electrons. The normalized spacial score (nSPS) is 21.9. The number of hydrogen-bond donors (Lipinski definition) is 0. The van der Waals surface area contributed by atoms with Gasteiger partial charge in [0.25, 0.3) is 0 Å². The van der Waals surface area contributed by atoms with E-state index in [4.69, 9.17) is 20.9 Å². The van der Waals surface area contributed by atoms with E-state index in [2.05, 4.69) is 22.6 Å². The Morgan fingerprint density at radius 2 is 1.65 bits per heavy atom. The van der Waals surface area contributed by atoms with Gasteiger partial charge in [0.05, 0.1) is 16.2 Å². The van der Waals surface area contributed by atoms with E-state index in [1.807, 2.05) is 45.9 Å². The number of benzene rings is 1. The smallest absolute Gasteiger partial charge is 0.399 e. The average Bonchev–Trinajstić information content (AvgIpc) is 2.40. The van der Waals surface area contributed by atoms with Crippen molar-refractivity contribution in [2.24, 2.45) is 0 Å². The van der Waals surface area contributed by atoms with Gasteiger partial charge >= 0.3 is 7.12 Å². The molecule has 0 aliphatic carbocycles. The summed E-state index contributed by atoms with van der Waals surface area (Å²) >= 11 is 8.50. The minimum absolute atomic E-state index is 0.331. The number of rotatable bonds is 1. The minimum Gasteiger partial charge on any atom is -0.399 e. The highest BCUT2D eigenvalue weighted by Gasteiger charge is 2.52. The van der Waals surface area contributed by atoms with Crippen LogP contribution in [0.3, 0.4) is 0 Å². The van der Waals surface area contributed by atoms with Gasteiger partial charge in [-0.05, 0) is 56.4 Å². The van der Waals surface area contributed by atoms with Crippen molar-refractivity contribution in [2.45, 2.75) is 38.9 Å². The lowest BCUT2D eigenvalue weighted by Gasteiger charge is -2.32. The molecule has 0 unspecified atom stereocenters. The second kappa shape index (κ2) is 4.40. The van der Waals surface area contributed by atoms with Crippen LogP contribution in [0.4, 0.5) is 0 Å². The van der Waals surface area contributed by atoms with Crippen LogP contribution in [-0.2, 0) is 9.31 Å². The summed E-state index contributed by atoms with van der Waals surface area (Å²) in [7, 11) is -0.387. The van der Waals surface area contributed by atoms with Gasteiger partial charge in [0, 0.05) is 9.03 Å². The maximum atomic E-state index is 6.29. The molecule has 2 nitrogen and oxygen atoms in total. The highest BCUT2D eigenvalue weighted by atomic mass is 127. The van der Waals surface area contributed by atoms with E-state index >= 15 is 0 Å². The van der Waals surface area contributed by atoms with Gasteiger partial charge in [0.2, 0.25) is 0 Å². The fourth-order valence-corrected chi connectivity index (χ4v) is 2.41. The topological polar surface area (TPSA) is 18.5 Å². The van der Waals surface area contributed by atoms with Gasteiger partial charge in [-0.3, -0.25) is 0 Å². The van der Waals surface area contributed by atoms with Crippen LogP contribution in [0.2, 0.25) is 5.02 Å². The zero-order chi connectivity index (χ0) is 12.8. The third kappa shape index (κ3) is 2.37. The molecule has 1 aliphatic rings. The van der Waals surface area contributed by atoms with Crippen LogP contribution in [0, 0.1) is 3.57 Å². The summed E-state index contributed by atoms with van der Waals surface area (Å²) in [5.74, 6) is 0. The highest BCUT2D eigenvalue weighted by Crippen LogP contribution is 2.37. The third-order valence-corrected chi connectivity index (χ3v) is 5.13. The van der Waals surface area contributed by atoms with Gasteiger partial charge in [-0.25, -0.2) is 0 Å². The molecule has 1 aromatic carbocycles. The van der Waals surface area contributed by atoms with Crippen LogP contribution < -0.4 is 5.46 Å². The molecular weight excluding hydrogens is 349 g/mol. The first-order valence-electron chi connectivity index (χ1n) is 5.54. The molecule has 1 aromatic rings. The quantitative estimate of drug-likeness (QED) is 0.563. The highest BCUT2D eigenvalue weighted by molar-refractivity contribution is 14.1. The van der Waals surface area contributed by atoms with E-state index < -0.39 is 0 Å². The van der Waals surface area contributed by atoms with Crippen LogP contribution in [0.1, 0.15) is 27.7 Å². The molecule has 0 aromatic heterocycles. The molecule has 2 rings (SSSR count). The van der Waals surface area contributed by atoms with Crippen LogP contribution >= 0.6 is 34.2 Å². The monoisotopic (exact) mass is 364 g/mol. The van der Waals surface area contributed by atoms with Crippen molar-refractivity contribution >= 4 is 46.8 Å². The van der Waals surface area contributed by atoms with E-state index in [1.165, 1.54) is 0 Å². The van der Waals surface area contributed by atoms with Crippen LogP contribution in [0.15, 0.2) is 18.2 Å². The zero-order valence-corrected chi connectivity index (χ0v) is 13.3. The lowest BCUT2D eigenvalue weighted by Crippen LogP contribution is -2.41. The molecule has 0 amide bonds. The van der Waals surface area contributed by atoms with Crippen molar-refractivity contribution in [2.75, 3.05) is 0 Å². The van der Waals surface area contributed by atoms with Gasteiger partial charge < -0.3 is 9.31 Å². The van der Waals surface area contributed by atoms with Crippen LogP contribution in [0.25, 0.3) is 0 Å². The maximum Gasteiger partial charge on any atom is 0.496 e. The molecule has 1 fully saturated rings. The van der Waals surface area contributed by atoms with E-state index in [0.29, 0.717) is 5.02 Å². The molecule has 1 heterocycles. The van der Waals surface area contributed by atoms with E-state index in [0.717, 1.165) is 9.03 Å². The van der Waals surface area contributed by atoms with Crippen LogP contribution in [0.5, 0.6) is 0 Å². The second-order valence-corrected chi connectivity index (χ2v) is 6.77. The predicted octanol–water partition coefficient (Wildman–Crippen LogP) is 3.24. The van der Waals surface area contributed by atoms with Crippen molar-refractivity contribution in [3.63, 3.8) is 0 Å². The Labute approximate surface area is 121 Å². The summed E-state index contributed by atoms with van der Waals surface area (Å²) in [6, 6.07) is 5.89. The summed E-state index contributed by atoms with van der Waals surface area (Å²) in [6.45, 7) is 8.15. The van der Waals surface area contributed by atoms with Crippen LogP contribution in [-0.4, -0.2) is 18.3 Å². The van der Waals surface area contributed by atoms with E-state index in [9.17, 15) is 0 Å². The largest absolute Gasteiger partial charge is 0.496 e. The Balaban J connectivity index is 2.36. The fourth-order valence-electron chi connectivity index (χ4n) is 1.67. The first kappa shape index (κ1) is 13.7. The molecule has 1 saturated heterocycles. The van der Waals surface area contributed by atoms with Gasteiger partial charge in [-0.2, -0.15) is 0 Å². The Hall–Kier alpha value is 0.225. The molecule has 0 atom stereocenters. The molecule has 5 heteroatoms. The van der Waals surface area contributed by atoms with Crippen molar-refractivity contribution in [1.29, 1.82) is 0 Å². The lowest BCUT2D eigenvalue weighted by atomic mass is 9.79. The SMILES string of the molecule is CC1(C)OB(c2cccc(I)c2Cl)OC1(C)C. The predicted molar refractivity (Wildman–Crippen MR) is 79.9 cm³/mol. The molecule has 0 saturated carbocycles. The zero-order valence-electron chi connectivity index (χ0n) is 10.4. The molecule has 0 N–H and O–H groups in total. The second-order valence-electron chi connectivity index (χ2n) is 5.23. The lowest BCUT2D eigenvalue weighted by molar-refractivity contribution is 0.00578. The molecule has 17 heavy (non-hydrogen) atoms. The van der Waals surface area contributed by atoms with Crippen molar-refractivity contribution in [1.82, 2.24) is 0 Å². The first-order chi connectivity index (χ1) is 7.74. The number of halogens is 2. The fraction of sp³-hybridized carbons (Fsp3) is 0.500. The van der Waals surface area contributed by atoms with E-state index in [-0.39, 0.29) is 18.3 Å². The summed E-state index contributed by atoms with van der Waals surface area (Å²) in [5, 5.41) is 0.714. The summed E-state index contributed by atoms with van der Waals surface area (Å²) in [4.78, 5) is 0. The van der Waals surface area contributed by atoms with Gasteiger partial charge in [-0.15, -0.1) is 0 Å².